The van der Waals surface area contributed by atoms with Crippen molar-refractivity contribution in [3.05, 3.63) is 29.6 Å². The summed E-state index contributed by atoms with van der Waals surface area (Å²) >= 11 is 0. The third-order valence-corrected chi connectivity index (χ3v) is 2.43. The maximum Gasteiger partial charge on any atom is 0.303 e. The number of rotatable bonds is 5. The van der Waals surface area contributed by atoms with Gasteiger partial charge in [0.05, 0.1) is 11.3 Å². The van der Waals surface area contributed by atoms with Crippen molar-refractivity contribution in [3.63, 3.8) is 0 Å². The summed E-state index contributed by atoms with van der Waals surface area (Å²) in [6.45, 7) is 1.89. The molecule has 0 spiro atoms. The molecule has 0 aliphatic carbocycles. The predicted octanol–water partition coefficient (Wildman–Crippen LogP) is 1.25. The molecule has 1 unspecified atom stereocenters. The zero-order valence-electron chi connectivity index (χ0n) is 9.94. The Bertz CT molecular complexity index is 463. The molecule has 0 saturated carbocycles. The van der Waals surface area contributed by atoms with Crippen LogP contribution in [0.5, 0.6) is 0 Å². The first-order valence-electron chi connectivity index (χ1n) is 5.45. The minimum atomic E-state index is -0.929. The van der Waals surface area contributed by atoms with Crippen LogP contribution in [0.25, 0.3) is 0 Å². The Balaban J connectivity index is 2.61. The summed E-state index contributed by atoms with van der Waals surface area (Å²) in [4.78, 5) is 22.1. The highest BCUT2D eigenvalue weighted by molar-refractivity contribution is 5.99. The van der Waals surface area contributed by atoms with Crippen molar-refractivity contribution >= 4 is 17.6 Å². The van der Waals surface area contributed by atoms with Crippen LogP contribution in [0.2, 0.25) is 0 Å². The lowest BCUT2D eigenvalue weighted by atomic mass is 10.1. The summed E-state index contributed by atoms with van der Waals surface area (Å²) in [6.07, 6.45) is -0.0427. The molecule has 98 valence electrons. The van der Waals surface area contributed by atoms with Crippen molar-refractivity contribution in [1.82, 2.24) is 5.32 Å². The summed E-state index contributed by atoms with van der Waals surface area (Å²) in [5, 5.41) is 11.1. The van der Waals surface area contributed by atoms with E-state index in [4.69, 9.17) is 10.8 Å². The predicted molar refractivity (Wildman–Crippen MR) is 64.6 cm³/mol. The van der Waals surface area contributed by atoms with Crippen LogP contribution in [0.15, 0.2) is 18.2 Å². The van der Waals surface area contributed by atoms with Crippen LogP contribution in [0.4, 0.5) is 10.1 Å². The molecule has 0 saturated heterocycles. The van der Waals surface area contributed by atoms with Crippen LogP contribution < -0.4 is 11.1 Å². The molecule has 5 nitrogen and oxygen atoms in total. The Morgan fingerprint density at radius 1 is 1.50 bits per heavy atom. The van der Waals surface area contributed by atoms with Gasteiger partial charge < -0.3 is 16.2 Å². The molecular formula is C12H15FN2O3. The third-order valence-electron chi connectivity index (χ3n) is 2.43. The van der Waals surface area contributed by atoms with Gasteiger partial charge in [0.15, 0.2) is 0 Å². The zero-order valence-corrected chi connectivity index (χ0v) is 9.94. The second-order valence-corrected chi connectivity index (χ2v) is 4.11. The number of nitrogens with one attached hydrogen (secondary N) is 1. The van der Waals surface area contributed by atoms with Gasteiger partial charge in [0.1, 0.15) is 5.82 Å². The van der Waals surface area contributed by atoms with Gasteiger partial charge in [-0.2, -0.15) is 0 Å². The molecule has 4 N–H and O–H groups in total. The smallest absolute Gasteiger partial charge is 0.303 e. The number of amides is 1. The lowest BCUT2D eigenvalue weighted by molar-refractivity contribution is -0.137. The molecule has 0 aliphatic rings. The number of hydrogen-bond acceptors (Lipinski definition) is 3. The molecule has 0 bridgehead atoms. The number of nitrogen functional groups attached to an aromatic ring is 1. The van der Waals surface area contributed by atoms with Crippen molar-refractivity contribution in [2.45, 2.75) is 13.3 Å². The van der Waals surface area contributed by atoms with Gasteiger partial charge in [-0.25, -0.2) is 4.39 Å². The van der Waals surface area contributed by atoms with E-state index < -0.39 is 17.7 Å². The number of nitrogens with two attached hydrogens (primary N) is 1. The highest BCUT2D eigenvalue weighted by Crippen LogP contribution is 2.15. The fraction of sp³-hybridized carbons (Fsp3) is 0.333. The number of carboxylic acids is 1. The summed E-state index contributed by atoms with van der Waals surface area (Å²) in [7, 11) is 0. The first kappa shape index (κ1) is 14.0. The lowest BCUT2D eigenvalue weighted by Gasteiger charge is -2.11. The molecule has 0 aromatic heterocycles. The molecule has 0 aliphatic heterocycles. The number of anilines is 1. The van der Waals surface area contributed by atoms with Crippen molar-refractivity contribution in [1.29, 1.82) is 0 Å². The molecule has 1 rings (SSSR count). The van der Waals surface area contributed by atoms with E-state index in [1.807, 2.05) is 0 Å². The van der Waals surface area contributed by atoms with Gasteiger partial charge in [-0.15, -0.1) is 0 Å². The van der Waals surface area contributed by atoms with Gasteiger partial charge in [0.25, 0.3) is 5.91 Å². The first-order chi connectivity index (χ1) is 8.41. The Morgan fingerprint density at radius 2 is 2.17 bits per heavy atom. The van der Waals surface area contributed by atoms with Crippen LogP contribution in [0.3, 0.4) is 0 Å². The van der Waals surface area contributed by atoms with Crippen LogP contribution in [0.1, 0.15) is 23.7 Å². The van der Waals surface area contributed by atoms with Crippen molar-refractivity contribution in [2.75, 3.05) is 12.3 Å². The number of para-hydroxylation sites is 1. The number of carbonyl (C=O) groups excluding carboxylic acids is 1. The van der Waals surface area contributed by atoms with E-state index in [0.717, 1.165) is 0 Å². The molecule has 1 aromatic carbocycles. The lowest BCUT2D eigenvalue weighted by Crippen LogP contribution is -2.29. The van der Waals surface area contributed by atoms with Gasteiger partial charge in [-0.1, -0.05) is 13.0 Å². The molecule has 6 heteroatoms. The van der Waals surface area contributed by atoms with Crippen molar-refractivity contribution in [2.24, 2.45) is 5.92 Å². The minimum Gasteiger partial charge on any atom is -0.481 e. The summed E-state index contributed by atoms with van der Waals surface area (Å²) in [5.41, 5.74) is 5.29. The molecule has 0 fully saturated rings. The van der Waals surface area contributed by atoms with E-state index in [1.54, 1.807) is 6.92 Å². The van der Waals surface area contributed by atoms with Crippen LogP contribution in [0, 0.1) is 11.7 Å². The van der Waals surface area contributed by atoms with E-state index in [9.17, 15) is 14.0 Å². The molecular weight excluding hydrogens is 239 g/mol. The van der Waals surface area contributed by atoms with Gasteiger partial charge in [0, 0.05) is 13.0 Å². The van der Waals surface area contributed by atoms with Crippen LogP contribution in [-0.4, -0.2) is 23.5 Å². The van der Waals surface area contributed by atoms with E-state index in [0.29, 0.717) is 0 Å². The summed E-state index contributed by atoms with van der Waals surface area (Å²) < 4.78 is 13.1. The molecule has 18 heavy (non-hydrogen) atoms. The van der Waals surface area contributed by atoms with E-state index in [-0.39, 0.29) is 30.1 Å². The topological polar surface area (TPSA) is 92.4 Å². The Hall–Kier alpha value is -2.11. The van der Waals surface area contributed by atoms with E-state index >= 15 is 0 Å². The Kier molecular flexibility index (Phi) is 4.65. The van der Waals surface area contributed by atoms with Crippen molar-refractivity contribution < 1.29 is 19.1 Å². The number of aliphatic carboxylic acids is 1. The fourth-order valence-corrected chi connectivity index (χ4v) is 1.47. The summed E-state index contributed by atoms with van der Waals surface area (Å²) in [6, 6.07) is 3.97. The van der Waals surface area contributed by atoms with Gasteiger partial charge in [-0.05, 0) is 18.1 Å². The molecule has 0 radical (unpaired) electrons. The standard InChI is InChI=1S/C12H15FN2O3/c1-7(5-10(16)17)6-15-12(18)8-3-2-4-9(13)11(8)14/h2-4,7H,5-6,14H2,1H3,(H,15,18)(H,16,17). The molecule has 0 heterocycles. The highest BCUT2D eigenvalue weighted by Gasteiger charge is 2.14. The van der Waals surface area contributed by atoms with E-state index in [1.165, 1.54) is 18.2 Å². The van der Waals surface area contributed by atoms with Gasteiger partial charge in [0.2, 0.25) is 0 Å². The SMILES string of the molecule is CC(CNC(=O)c1cccc(F)c1N)CC(=O)O. The maximum absolute atomic E-state index is 13.1. The molecule has 1 atom stereocenters. The molecule has 1 aromatic rings. The number of carbonyl (C=O) groups is 2. The number of halogens is 1. The largest absolute Gasteiger partial charge is 0.481 e. The second-order valence-electron chi connectivity index (χ2n) is 4.11. The Labute approximate surface area is 104 Å². The Morgan fingerprint density at radius 3 is 2.78 bits per heavy atom. The third kappa shape index (κ3) is 3.73. The molecule has 1 amide bonds. The number of hydrogen-bond donors (Lipinski definition) is 3. The van der Waals surface area contributed by atoms with E-state index in [2.05, 4.69) is 5.32 Å². The first-order valence-corrected chi connectivity index (χ1v) is 5.45. The number of benzene rings is 1. The maximum atomic E-state index is 13.1. The average Bonchev–Trinajstić information content (AvgIpc) is 2.29. The van der Waals surface area contributed by atoms with Crippen LogP contribution in [-0.2, 0) is 4.79 Å². The van der Waals surface area contributed by atoms with Gasteiger partial charge in [-0.3, -0.25) is 9.59 Å². The second kappa shape index (κ2) is 6.00. The zero-order chi connectivity index (χ0) is 13.7. The fourth-order valence-electron chi connectivity index (χ4n) is 1.47. The highest BCUT2D eigenvalue weighted by atomic mass is 19.1. The number of carboxylic acid groups (broad SMARTS) is 1. The average molecular weight is 254 g/mol. The minimum absolute atomic E-state index is 0.0427. The van der Waals surface area contributed by atoms with Crippen molar-refractivity contribution in [3.8, 4) is 0 Å². The monoisotopic (exact) mass is 254 g/mol. The normalized spacial score (nSPS) is 11.9. The quantitative estimate of drug-likeness (QED) is 0.689. The van der Waals surface area contributed by atoms with Crippen LogP contribution >= 0.6 is 0 Å². The van der Waals surface area contributed by atoms with Gasteiger partial charge >= 0.3 is 5.97 Å². The summed E-state index contributed by atoms with van der Waals surface area (Å²) in [5.74, 6) is -2.30.